The van der Waals surface area contributed by atoms with E-state index in [1.165, 1.54) is 19.3 Å². The summed E-state index contributed by atoms with van der Waals surface area (Å²) in [7, 11) is 0. The molecule has 0 aromatic carbocycles. The summed E-state index contributed by atoms with van der Waals surface area (Å²) in [5.41, 5.74) is 5.22. The fraction of sp³-hybridized carbons (Fsp3) is 0.769. The van der Waals surface area contributed by atoms with Crippen LogP contribution in [-0.2, 0) is 9.53 Å². The molecule has 3 heteroatoms. The third kappa shape index (κ3) is 11.2. The number of unbranched alkanes of at least 4 members (excludes halogenated alkanes) is 4. The predicted molar refractivity (Wildman–Crippen MR) is 67.1 cm³/mol. The Morgan fingerprint density at radius 1 is 1.19 bits per heavy atom. The van der Waals surface area contributed by atoms with Crippen molar-refractivity contribution in [2.45, 2.75) is 51.9 Å². The molecule has 0 rings (SSSR count). The lowest BCUT2D eigenvalue weighted by Gasteiger charge is -2.01. The van der Waals surface area contributed by atoms with Gasteiger partial charge in [0.1, 0.15) is 6.61 Å². The number of rotatable bonds is 10. The summed E-state index contributed by atoms with van der Waals surface area (Å²) in [5.74, 6) is -0.134. The molecule has 94 valence electrons. The summed E-state index contributed by atoms with van der Waals surface area (Å²) in [5, 5.41) is 0. The molecule has 0 saturated heterocycles. The molecule has 0 amide bonds. The smallest absolute Gasteiger partial charge is 0.305 e. The van der Waals surface area contributed by atoms with E-state index >= 15 is 0 Å². The molecule has 0 aliphatic rings. The van der Waals surface area contributed by atoms with Gasteiger partial charge in [0.15, 0.2) is 0 Å². The number of ether oxygens (including phenoxy) is 1. The van der Waals surface area contributed by atoms with Gasteiger partial charge in [-0.2, -0.15) is 0 Å². The predicted octanol–water partition coefficient (Wildman–Crippen LogP) is 2.80. The largest absolute Gasteiger partial charge is 0.464 e. The number of hydrogen-bond donors (Lipinski definition) is 1. The first-order valence-electron chi connectivity index (χ1n) is 6.32. The van der Waals surface area contributed by atoms with Gasteiger partial charge < -0.3 is 10.5 Å². The molecular weight excluding hydrogens is 202 g/mol. The van der Waals surface area contributed by atoms with Crippen molar-refractivity contribution < 1.29 is 9.53 Å². The van der Waals surface area contributed by atoms with E-state index in [0.29, 0.717) is 19.6 Å². The zero-order valence-corrected chi connectivity index (χ0v) is 10.4. The molecule has 0 aromatic heterocycles. The Kier molecular flexibility index (Phi) is 11.6. The highest BCUT2D eigenvalue weighted by Gasteiger charge is 1.99. The Morgan fingerprint density at radius 3 is 2.50 bits per heavy atom. The topological polar surface area (TPSA) is 52.3 Å². The first kappa shape index (κ1) is 15.2. The molecule has 16 heavy (non-hydrogen) atoms. The summed E-state index contributed by atoms with van der Waals surface area (Å²) in [6.07, 6.45) is 11.7. The number of esters is 1. The lowest BCUT2D eigenvalue weighted by Crippen LogP contribution is -2.13. The van der Waals surface area contributed by atoms with E-state index < -0.39 is 0 Å². The van der Waals surface area contributed by atoms with Gasteiger partial charge in [0.2, 0.25) is 0 Å². The van der Waals surface area contributed by atoms with Crippen LogP contribution >= 0.6 is 0 Å². The van der Waals surface area contributed by atoms with Gasteiger partial charge in [-0.05, 0) is 25.7 Å². The minimum atomic E-state index is -0.134. The summed E-state index contributed by atoms with van der Waals surface area (Å²) in [6, 6.07) is 0. The third-order valence-electron chi connectivity index (χ3n) is 2.27. The highest BCUT2D eigenvalue weighted by molar-refractivity contribution is 5.69. The summed E-state index contributed by atoms with van der Waals surface area (Å²) in [4.78, 5) is 11.1. The second-order valence-corrected chi connectivity index (χ2v) is 3.87. The number of nitrogens with two attached hydrogens (primary N) is 1. The van der Waals surface area contributed by atoms with Crippen LogP contribution in [0.3, 0.4) is 0 Å². The van der Waals surface area contributed by atoms with Gasteiger partial charge in [-0.3, -0.25) is 4.79 Å². The van der Waals surface area contributed by atoms with Gasteiger partial charge >= 0.3 is 5.97 Å². The molecule has 2 N–H and O–H groups in total. The molecule has 0 saturated carbocycles. The average molecular weight is 227 g/mol. The van der Waals surface area contributed by atoms with Crippen molar-refractivity contribution >= 4 is 5.97 Å². The fourth-order valence-corrected chi connectivity index (χ4v) is 1.36. The van der Waals surface area contributed by atoms with Crippen LogP contribution in [0, 0.1) is 0 Å². The van der Waals surface area contributed by atoms with Crippen LogP contribution in [0.2, 0.25) is 0 Å². The first-order valence-corrected chi connectivity index (χ1v) is 6.32. The minimum Gasteiger partial charge on any atom is -0.464 e. The monoisotopic (exact) mass is 227 g/mol. The van der Waals surface area contributed by atoms with Crippen molar-refractivity contribution in [1.82, 2.24) is 0 Å². The quantitative estimate of drug-likeness (QED) is 0.355. The van der Waals surface area contributed by atoms with Crippen LogP contribution in [0.25, 0.3) is 0 Å². The van der Waals surface area contributed by atoms with Crippen molar-refractivity contribution in [3.8, 4) is 0 Å². The molecule has 0 aliphatic carbocycles. The van der Waals surface area contributed by atoms with Crippen LogP contribution in [-0.4, -0.2) is 19.1 Å². The highest BCUT2D eigenvalue weighted by Crippen LogP contribution is 2.03. The maximum absolute atomic E-state index is 11.1. The lowest BCUT2D eigenvalue weighted by atomic mass is 10.1. The third-order valence-corrected chi connectivity index (χ3v) is 2.27. The van der Waals surface area contributed by atoms with Crippen LogP contribution in [0.15, 0.2) is 12.2 Å². The zero-order chi connectivity index (χ0) is 12.1. The van der Waals surface area contributed by atoms with Gasteiger partial charge in [0, 0.05) is 13.0 Å². The minimum absolute atomic E-state index is 0.134. The van der Waals surface area contributed by atoms with Gasteiger partial charge in [0.05, 0.1) is 0 Å². The zero-order valence-electron chi connectivity index (χ0n) is 10.4. The van der Waals surface area contributed by atoms with Gasteiger partial charge in [0.25, 0.3) is 0 Å². The Hall–Kier alpha value is -0.830. The van der Waals surface area contributed by atoms with E-state index in [-0.39, 0.29) is 5.97 Å². The molecule has 0 radical (unpaired) electrons. The molecule has 0 spiro atoms. The van der Waals surface area contributed by atoms with E-state index in [2.05, 4.69) is 19.1 Å². The van der Waals surface area contributed by atoms with Crippen molar-refractivity contribution in [1.29, 1.82) is 0 Å². The average Bonchev–Trinajstić information content (AvgIpc) is 2.30. The number of carbonyl (C=O) groups is 1. The number of carbonyl (C=O) groups excluding carboxylic acids is 1. The Balaban J connectivity index is 3.22. The van der Waals surface area contributed by atoms with Crippen molar-refractivity contribution in [2.75, 3.05) is 13.2 Å². The van der Waals surface area contributed by atoms with E-state index in [4.69, 9.17) is 10.5 Å². The van der Waals surface area contributed by atoms with Gasteiger partial charge in [-0.1, -0.05) is 31.9 Å². The van der Waals surface area contributed by atoms with Crippen LogP contribution in [0.1, 0.15) is 51.9 Å². The molecule has 0 aliphatic heterocycles. The van der Waals surface area contributed by atoms with Gasteiger partial charge in [-0.25, -0.2) is 0 Å². The first-order chi connectivity index (χ1) is 7.81. The van der Waals surface area contributed by atoms with Crippen LogP contribution < -0.4 is 5.73 Å². The molecule has 0 aromatic rings. The second-order valence-electron chi connectivity index (χ2n) is 3.87. The van der Waals surface area contributed by atoms with Crippen LogP contribution in [0.4, 0.5) is 0 Å². The second kappa shape index (κ2) is 12.2. The molecular formula is C13H25NO2. The summed E-state index contributed by atoms with van der Waals surface area (Å²) >= 11 is 0. The lowest BCUT2D eigenvalue weighted by molar-refractivity contribution is -0.143. The van der Waals surface area contributed by atoms with Gasteiger partial charge in [-0.15, -0.1) is 0 Å². The molecule has 0 bridgehead atoms. The normalized spacial score (nSPS) is 10.9. The van der Waals surface area contributed by atoms with Crippen LogP contribution in [0.5, 0.6) is 0 Å². The van der Waals surface area contributed by atoms with E-state index in [9.17, 15) is 4.79 Å². The summed E-state index contributed by atoms with van der Waals surface area (Å²) in [6.45, 7) is 2.95. The summed E-state index contributed by atoms with van der Waals surface area (Å²) < 4.78 is 4.86. The molecule has 0 unspecified atom stereocenters. The van der Waals surface area contributed by atoms with Crippen molar-refractivity contribution in [3.63, 3.8) is 0 Å². The van der Waals surface area contributed by atoms with Crippen molar-refractivity contribution in [2.24, 2.45) is 5.73 Å². The molecule has 0 atom stereocenters. The fourth-order valence-electron chi connectivity index (χ4n) is 1.36. The number of hydrogen-bond acceptors (Lipinski definition) is 3. The van der Waals surface area contributed by atoms with E-state index in [0.717, 1.165) is 19.3 Å². The Morgan fingerprint density at radius 2 is 1.88 bits per heavy atom. The maximum atomic E-state index is 11.1. The molecule has 3 nitrogen and oxygen atoms in total. The SMILES string of the molecule is CCCCC/C=C/CCCC(=O)OCCN. The van der Waals surface area contributed by atoms with Crippen molar-refractivity contribution in [3.05, 3.63) is 12.2 Å². The van der Waals surface area contributed by atoms with E-state index in [1.807, 2.05) is 0 Å². The van der Waals surface area contributed by atoms with E-state index in [1.54, 1.807) is 0 Å². The number of allylic oxidation sites excluding steroid dienone is 2. The standard InChI is InChI=1S/C13H25NO2/c1-2-3-4-5-6-7-8-9-10-13(15)16-12-11-14/h6-7H,2-5,8-12,14H2,1H3/b7-6+. The highest BCUT2D eigenvalue weighted by atomic mass is 16.5. The Bertz CT molecular complexity index is 190. The molecule has 0 heterocycles. The maximum Gasteiger partial charge on any atom is 0.305 e. The molecule has 0 fully saturated rings. The Labute approximate surface area is 99.0 Å².